The van der Waals surface area contributed by atoms with Crippen LogP contribution in [0.5, 0.6) is 0 Å². The minimum Gasteiger partial charge on any atom is -0.350 e. The summed E-state index contributed by atoms with van der Waals surface area (Å²) in [5.74, 6) is 0.907. The third-order valence-electron chi connectivity index (χ3n) is 6.11. The van der Waals surface area contributed by atoms with Crippen molar-refractivity contribution in [3.63, 3.8) is 0 Å². The van der Waals surface area contributed by atoms with Gasteiger partial charge in [-0.05, 0) is 43.4 Å². The topological polar surface area (TPSA) is 59.8 Å². The number of aromatic nitrogens is 3. The van der Waals surface area contributed by atoms with E-state index in [0.29, 0.717) is 19.0 Å². The zero-order valence-corrected chi connectivity index (χ0v) is 16.1. The number of carbonyl (C=O) groups is 1. The molecule has 2 aliphatic carbocycles. The molecule has 0 aliphatic heterocycles. The van der Waals surface area contributed by atoms with E-state index >= 15 is 0 Å². The first kappa shape index (κ1) is 18.2. The molecule has 0 bridgehead atoms. The summed E-state index contributed by atoms with van der Waals surface area (Å²) < 4.78 is 2.15. The maximum absolute atomic E-state index is 12.2. The van der Waals surface area contributed by atoms with Gasteiger partial charge in [-0.3, -0.25) is 14.5 Å². The molecule has 5 heteroatoms. The van der Waals surface area contributed by atoms with Crippen LogP contribution in [0.15, 0.2) is 30.5 Å². The van der Waals surface area contributed by atoms with E-state index in [1.165, 1.54) is 51.4 Å². The number of rotatable bonds is 7. The van der Waals surface area contributed by atoms with Gasteiger partial charge in [-0.1, -0.05) is 44.6 Å². The maximum atomic E-state index is 12.2. The second-order valence-electron chi connectivity index (χ2n) is 8.08. The highest BCUT2D eigenvalue weighted by Gasteiger charge is 2.22. The summed E-state index contributed by atoms with van der Waals surface area (Å²) in [7, 11) is 0. The van der Waals surface area contributed by atoms with Gasteiger partial charge in [0.2, 0.25) is 5.91 Å². The highest BCUT2D eigenvalue weighted by molar-refractivity contribution is 5.75. The standard InChI is InChI=1S/C22H30N4O/c27-22(13-12-17-7-1-2-8-17)24-16-18-15-21(20-11-5-6-14-23-20)26(25-18)19-9-3-4-10-19/h5-6,11,14-15,17,19H,1-4,7-10,12-13,16H2,(H,24,27). The Balaban J connectivity index is 1.41. The lowest BCUT2D eigenvalue weighted by Gasteiger charge is -2.13. The molecule has 2 aromatic rings. The molecule has 0 spiro atoms. The van der Waals surface area contributed by atoms with Crippen LogP contribution in [-0.4, -0.2) is 20.7 Å². The normalized spacial score (nSPS) is 18.2. The molecular weight excluding hydrogens is 336 g/mol. The zero-order valence-electron chi connectivity index (χ0n) is 16.1. The average Bonchev–Trinajstić information content (AvgIpc) is 3.47. The molecule has 2 aromatic heterocycles. The average molecular weight is 367 g/mol. The molecule has 2 aliphatic rings. The minimum absolute atomic E-state index is 0.150. The minimum atomic E-state index is 0.150. The zero-order chi connectivity index (χ0) is 18.5. The molecule has 1 amide bonds. The smallest absolute Gasteiger partial charge is 0.220 e. The van der Waals surface area contributed by atoms with Crippen molar-refractivity contribution in [2.75, 3.05) is 0 Å². The third kappa shape index (κ3) is 4.57. The first-order valence-corrected chi connectivity index (χ1v) is 10.6. The summed E-state index contributed by atoms with van der Waals surface area (Å²) in [6.07, 6.45) is 13.6. The van der Waals surface area contributed by atoms with Crippen LogP contribution < -0.4 is 5.32 Å². The second-order valence-corrected chi connectivity index (χ2v) is 8.08. The van der Waals surface area contributed by atoms with Crippen molar-refractivity contribution in [3.8, 4) is 11.4 Å². The number of nitrogens with zero attached hydrogens (tertiary/aromatic N) is 3. The molecule has 0 radical (unpaired) electrons. The largest absolute Gasteiger partial charge is 0.350 e. The molecule has 0 atom stereocenters. The first-order chi connectivity index (χ1) is 13.3. The van der Waals surface area contributed by atoms with Gasteiger partial charge in [0.1, 0.15) is 0 Å². The van der Waals surface area contributed by atoms with Gasteiger partial charge in [0, 0.05) is 12.6 Å². The van der Waals surface area contributed by atoms with Crippen molar-refractivity contribution in [2.24, 2.45) is 5.92 Å². The number of pyridine rings is 1. The molecule has 1 N–H and O–H groups in total. The Hall–Kier alpha value is -2.17. The van der Waals surface area contributed by atoms with E-state index in [2.05, 4.69) is 21.0 Å². The summed E-state index contributed by atoms with van der Waals surface area (Å²) in [5, 5.41) is 7.91. The van der Waals surface area contributed by atoms with E-state index in [1.807, 2.05) is 24.4 Å². The predicted molar refractivity (Wildman–Crippen MR) is 106 cm³/mol. The summed E-state index contributed by atoms with van der Waals surface area (Å²) in [5.41, 5.74) is 2.95. The van der Waals surface area contributed by atoms with Gasteiger partial charge in [0.05, 0.1) is 29.7 Å². The molecule has 4 rings (SSSR count). The first-order valence-electron chi connectivity index (χ1n) is 10.6. The fourth-order valence-corrected chi connectivity index (χ4v) is 4.58. The molecule has 0 saturated heterocycles. The van der Waals surface area contributed by atoms with Gasteiger partial charge in [-0.15, -0.1) is 0 Å². The Labute approximate surface area is 161 Å². The lowest BCUT2D eigenvalue weighted by Crippen LogP contribution is -2.23. The van der Waals surface area contributed by atoms with Crippen molar-refractivity contribution < 1.29 is 4.79 Å². The van der Waals surface area contributed by atoms with Gasteiger partial charge >= 0.3 is 0 Å². The molecule has 5 nitrogen and oxygen atoms in total. The molecule has 0 unspecified atom stereocenters. The number of carbonyl (C=O) groups excluding carboxylic acids is 1. The van der Waals surface area contributed by atoms with E-state index in [4.69, 9.17) is 5.10 Å². The van der Waals surface area contributed by atoms with Crippen LogP contribution in [0.2, 0.25) is 0 Å². The van der Waals surface area contributed by atoms with E-state index in [-0.39, 0.29) is 5.91 Å². The third-order valence-corrected chi connectivity index (χ3v) is 6.11. The fourth-order valence-electron chi connectivity index (χ4n) is 4.58. The van der Waals surface area contributed by atoms with E-state index in [9.17, 15) is 4.79 Å². The summed E-state index contributed by atoms with van der Waals surface area (Å²) in [4.78, 5) is 16.7. The van der Waals surface area contributed by atoms with Crippen molar-refractivity contribution >= 4 is 5.91 Å². The molecule has 2 fully saturated rings. The lowest BCUT2D eigenvalue weighted by atomic mass is 10.0. The van der Waals surface area contributed by atoms with Crippen molar-refractivity contribution in [2.45, 2.75) is 76.8 Å². The number of nitrogens with one attached hydrogen (secondary N) is 1. The van der Waals surface area contributed by atoms with E-state index in [0.717, 1.165) is 29.4 Å². The van der Waals surface area contributed by atoms with Crippen molar-refractivity contribution in [1.82, 2.24) is 20.1 Å². The predicted octanol–water partition coefficient (Wildman–Crippen LogP) is 4.65. The van der Waals surface area contributed by atoms with Gasteiger partial charge in [0.25, 0.3) is 0 Å². The Morgan fingerprint density at radius 2 is 1.89 bits per heavy atom. The van der Waals surface area contributed by atoms with Gasteiger partial charge in [-0.25, -0.2) is 0 Å². The van der Waals surface area contributed by atoms with Crippen molar-refractivity contribution in [3.05, 3.63) is 36.2 Å². The van der Waals surface area contributed by atoms with E-state index < -0.39 is 0 Å². The van der Waals surface area contributed by atoms with Crippen LogP contribution in [0.25, 0.3) is 11.4 Å². The molecular formula is C22H30N4O. The number of hydrogen-bond donors (Lipinski definition) is 1. The summed E-state index contributed by atoms with van der Waals surface area (Å²) in [6, 6.07) is 8.53. The van der Waals surface area contributed by atoms with Gasteiger partial charge in [0.15, 0.2) is 0 Å². The Kier molecular flexibility index (Phi) is 5.85. The fraction of sp³-hybridized carbons (Fsp3) is 0.591. The SMILES string of the molecule is O=C(CCC1CCCC1)NCc1cc(-c2ccccn2)n(C2CCCC2)n1. The molecule has 2 saturated carbocycles. The molecule has 27 heavy (non-hydrogen) atoms. The van der Waals surface area contributed by atoms with Crippen LogP contribution in [0.3, 0.4) is 0 Å². The molecule has 2 heterocycles. The Morgan fingerprint density at radius 1 is 1.11 bits per heavy atom. The molecule has 0 aromatic carbocycles. The van der Waals surface area contributed by atoms with Crippen LogP contribution in [0, 0.1) is 5.92 Å². The highest BCUT2D eigenvalue weighted by Crippen LogP contribution is 2.33. The summed E-state index contributed by atoms with van der Waals surface area (Å²) >= 11 is 0. The highest BCUT2D eigenvalue weighted by atomic mass is 16.1. The van der Waals surface area contributed by atoms with Crippen LogP contribution >= 0.6 is 0 Å². The monoisotopic (exact) mass is 366 g/mol. The van der Waals surface area contributed by atoms with Crippen LogP contribution in [-0.2, 0) is 11.3 Å². The lowest BCUT2D eigenvalue weighted by molar-refractivity contribution is -0.121. The quantitative estimate of drug-likeness (QED) is 0.776. The van der Waals surface area contributed by atoms with Crippen LogP contribution in [0.4, 0.5) is 0 Å². The maximum Gasteiger partial charge on any atom is 0.220 e. The van der Waals surface area contributed by atoms with E-state index in [1.54, 1.807) is 0 Å². The number of hydrogen-bond acceptors (Lipinski definition) is 3. The van der Waals surface area contributed by atoms with Gasteiger partial charge in [-0.2, -0.15) is 5.10 Å². The number of amides is 1. The molecule has 144 valence electrons. The Morgan fingerprint density at radius 3 is 2.63 bits per heavy atom. The van der Waals surface area contributed by atoms with Gasteiger partial charge < -0.3 is 5.32 Å². The second kappa shape index (κ2) is 8.68. The van der Waals surface area contributed by atoms with Crippen molar-refractivity contribution in [1.29, 1.82) is 0 Å². The Bertz CT molecular complexity index is 743. The summed E-state index contributed by atoms with van der Waals surface area (Å²) in [6.45, 7) is 0.503. The van der Waals surface area contributed by atoms with Crippen LogP contribution in [0.1, 0.15) is 75.9 Å².